The summed E-state index contributed by atoms with van der Waals surface area (Å²) in [6, 6.07) is 0. The summed E-state index contributed by atoms with van der Waals surface area (Å²) in [5, 5.41) is 24.8. The summed E-state index contributed by atoms with van der Waals surface area (Å²) in [5.74, 6) is -3.78. The summed E-state index contributed by atoms with van der Waals surface area (Å²) in [5.41, 5.74) is 0. The van der Waals surface area contributed by atoms with E-state index in [4.69, 9.17) is 15.3 Å². The molecule has 0 aromatic heterocycles. The fraction of sp³-hybridized carbons (Fsp3) is 0.500. The Hall–Kier alpha value is -0.670. The van der Waals surface area contributed by atoms with Crippen molar-refractivity contribution in [1.29, 1.82) is 0 Å². The third-order valence-electron chi connectivity index (χ3n) is 1.08. The maximum atomic E-state index is 10.1. The smallest absolute Gasteiger partial charge is 0.870 e. The van der Waals surface area contributed by atoms with E-state index < -0.39 is 37.5 Å². The van der Waals surface area contributed by atoms with Crippen LogP contribution in [0.1, 0.15) is 0 Å². The molecule has 0 rings (SSSR count). The van der Waals surface area contributed by atoms with Crippen molar-refractivity contribution in [2.75, 3.05) is 19.6 Å². The van der Waals surface area contributed by atoms with Gasteiger partial charge in [-0.1, -0.05) is 0 Å². The molecule has 0 fully saturated rings. The fourth-order valence-electron chi connectivity index (χ4n) is 0.742. The Balaban J connectivity index is -0.000000720. The van der Waals surface area contributed by atoms with Gasteiger partial charge in [-0.15, -0.1) is 0 Å². The monoisotopic (exact) mass is 231 g/mol. The normalized spacial score (nSPS) is 8.60. The largest absolute Gasteiger partial charge is 1.00 e. The molecule has 0 unspecified atom stereocenters. The molecule has 0 radical (unpaired) electrons. The Kier molecular flexibility index (Phi) is 13.1. The van der Waals surface area contributed by atoms with Gasteiger partial charge in [0.2, 0.25) is 0 Å². The molecule has 15 heavy (non-hydrogen) atoms. The van der Waals surface area contributed by atoms with Crippen molar-refractivity contribution in [3.63, 3.8) is 0 Å². The summed E-state index contributed by atoms with van der Waals surface area (Å²) in [7, 11) is 0. The average Bonchev–Trinajstić information content (AvgIpc) is 1.80. The molecule has 0 saturated carbocycles. The van der Waals surface area contributed by atoms with Gasteiger partial charge in [-0.05, 0) is 0 Å². The zero-order valence-electron chi connectivity index (χ0n) is 8.08. The number of carbonyl (C=O) groups is 3. The van der Waals surface area contributed by atoms with Gasteiger partial charge in [0.05, 0.1) is 19.6 Å². The molecule has 0 aromatic carbocycles. The first-order valence-corrected chi connectivity index (χ1v) is 3.29. The van der Waals surface area contributed by atoms with Gasteiger partial charge in [-0.3, -0.25) is 19.3 Å². The molecule has 0 bridgehead atoms. The predicted octanol–water partition coefficient (Wildman–Crippen LogP) is -4.63. The summed E-state index contributed by atoms with van der Waals surface area (Å²) in [6.45, 7) is -1.80. The number of hydrogen-bond donors (Lipinski definition) is 3. The minimum absolute atomic E-state index is 0. The van der Waals surface area contributed by atoms with Crippen LogP contribution in [-0.4, -0.2) is 63.2 Å². The molecule has 8 nitrogen and oxygen atoms in total. The third-order valence-corrected chi connectivity index (χ3v) is 1.08. The number of nitrogens with zero attached hydrogens (tertiary/aromatic N) is 1. The van der Waals surface area contributed by atoms with Crippen LogP contribution in [0.25, 0.3) is 0 Å². The molecule has 4 N–H and O–H groups in total. The third kappa shape index (κ3) is 13.3. The number of aliphatic carboxylic acids is 3. The second-order valence-corrected chi connectivity index (χ2v) is 2.33. The van der Waals surface area contributed by atoms with Crippen molar-refractivity contribution < 1.29 is 64.7 Å². The first kappa shape index (κ1) is 19.8. The second-order valence-electron chi connectivity index (χ2n) is 2.33. The molecule has 0 spiro atoms. The molecule has 0 amide bonds. The van der Waals surface area contributed by atoms with Gasteiger partial charge in [0.15, 0.2) is 0 Å². The van der Waals surface area contributed by atoms with Crippen molar-refractivity contribution in [2.45, 2.75) is 0 Å². The van der Waals surface area contributed by atoms with Crippen LogP contribution < -0.4 is 29.6 Å². The van der Waals surface area contributed by atoms with Crippen LogP contribution in [0.2, 0.25) is 0 Å². The van der Waals surface area contributed by atoms with Crippen molar-refractivity contribution >= 4 is 17.9 Å². The Morgan fingerprint density at radius 2 is 1.00 bits per heavy atom. The molecule has 0 saturated heterocycles. The first-order chi connectivity index (χ1) is 5.91. The second kappa shape index (κ2) is 9.87. The molecule has 9 heteroatoms. The van der Waals surface area contributed by atoms with Gasteiger partial charge in [0.25, 0.3) is 0 Å². The molecule has 0 aromatic rings. The van der Waals surface area contributed by atoms with Gasteiger partial charge in [-0.25, -0.2) is 0 Å². The van der Waals surface area contributed by atoms with E-state index in [1.807, 2.05) is 0 Å². The summed E-state index contributed by atoms with van der Waals surface area (Å²) < 4.78 is 0. The molecule has 82 valence electrons. The Morgan fingerprint density at radius 3 is 1.13 bits per heavy atom. The van der Waals surface area contributed by atoms with Crippen LogP contribution in [0.4, 0.5) is 0 Å². The molecule has 0 heterocycles. The topological polar surface area (TPSA) is 145 Å². The Labute approximate surface area is 107 Å². The van der Waals surface area contributed by atoms with Crippen molar-refractivity contribution in [3.05, 3.63) is 0 Å². The predicted molar refractivity (Wildman–Crippen MR) is 41.3 cm³/mol. The number of rotatable bonds is 6. The van der Waals surface area contributed by atoms with E-state index in [1.165, 1.54) is 0 Å². The standard InChI is InChI=1S/C6H9NO6.Na.H2O/c8-4(9)1-7(2-5(10)11)3-6(12)13;;/h1-3H2,(H,8,9)(H,10,11)(H,12,13);;1H2/q;+1;/p-1. The SMILES string of the molecule is O=C(O)CN(CC(=O)O)CC(=O)O.[Na+].[OH-]. The van der Waals surface area contributed by atoms with Crippen LogP contribution in [0.15, 0.2) is 0 Å². The Bertz CT molecular complexity index is 193. The first-order valence-electron chi connectivity index (χ1n) is 3.29. The van der Waals surface area contributed by atoms with E-state index >= 15 is 0 Å². The van der Waals surface area contributed by atoms with Crippen LogP contribution in [0, 0.1) is 0 Å². The summed E-state index contributed by atoms with van der Waals surface area (Å²) >= 11 is 0. The van der Waals surface area contributed by atoms with E-state index in [9.17, 15) is 14.4 Å². The molecular formula is C6H10NNaO7. The van der Waals surface area contributed by atoms with Crippen LogP contribution in [0.5, 0.6) is 0 Å². The van der Waals surface area contributed by atoms with Crippen LogP contribution in [-0.2, 0) is 14.4 Å². The quantitative estimate of drug-likeness (QED) is 0.387. The van der Waals surface area contributed by atoms with Crippen molar-refractivity contribution in [3.8, 4) is 0 Å². The van der Waals surface area contributed by atoms with Gasteiger partial charge in [0, 0.05) is 0 Å². The maximum Gasteiger partial charge on any atom is 1.00 e. The zero-order chi connectivity index (χ0) is 10.4. The van der Waals surface area contributed by atoms with Crippen LogP contribution in [0.3, 0.4) is 0 Å². The average molecular weight is 231 g/mol. The van der Waals surface area contributed by atoms with E-state index in [2.05, 4.69) is 0 Å². The number of hydrogen-bond acceptors (Lipinski definition) is 5. The van der Waals surface area contributed by atoms with Gasteiger partial charge >= 0.3 is 47.5 Å². The van der Waals surface area contributed by atoms with Gasteiger partial charge in [0.1, 0.15) is 0 Å². The minimum Gasteiger partial charge on any atom is -0.870 e. The van der Waals surface area contributed by atoms with Crippen LogP contribution >= 0.6 is 0 Å². The number of carboxylic acids is 3. The summed E-state index contributed by atoms with van der Waals surface area (Å²) in [4.78, 5) is 31.2. The fourth-order valence-corrected chi connectivity index (χ4v) is 0.742. The van der Waals surface area contributed by atoms with E-state index in [-0.39, 0.29) is 35.0 Å². The van der Waals surface area contributed by atoms with Crippen molar-refractivity contribution in [2.24, 2.45) is 0 Å². The van der Waals surface area contributed by atoms with E-state index in [1.54, 1.807) is 0 Å². The Morgan fingerprint density at radius 1 is 0.800 bits per heavy atom. The zero-order valence-corrected chi connectivity index (χ0v) is 10.1. The molecular weight excluding hydrogens is 221 g/mol. The maximum absolute atomic E-state index is 10.1. The molecule has 0 aliphatic rings. The minimum atomic E-state index is -1.26. The van der Waals surface area contributed by atoms with Crippen molar-refractivity contribution in [1.82, 2.24) is 4.90 Å². The van der Waals surface area contributed by atoms with Gasteiger partial charge in [-0.2, -0.15) is 0 Å². The molecule has 0 aliphatic carbocycles. The summed E-state index contributed by atoms with van der Waals surface area (Å²) in [6.07, 6.45) is 0. The number of carboxylic acid groups (broad SMARTS) is 3. The molecule has 0 atom stereocenters. The van der Waals surface area contributed by atoms with Gasteiger partial charge < -0.3 is 20.8 Å². The molecule has 0 aliphatic heterocycles. The van der Waals surface area contributed by atoms with E-state index in [0.29, 0.717) is 0 Å². The van der Waals surface area contributed by atoms with E-state index in [0.717, 1.165) is 4.90 Å².